The molecule has 1 aliphatic heterocycles. The fraction of sp³-hybridized carbons (Fsp3) is 0.389. The Bertz CT molecular complexity index is 946. The first-order valence-electron chi connectivity index (χ1n) is 8.98. The van der Waals surface area contributed by atoms with Crippen molar-refractivity contribution in [3.05, 3.63) is 58.0 Å². The van der Waals surface area contributed by atoms with Gasteiger partial charge in [0.25, 0.3) is 11.5 Å². The number of hydrogen-bond donors (Lipinski definition) is 0. The summed E-state index contributed by atoms with van der Waals surface area (Å²) in [5.41, 5.74) is 2.20. The van der Waals surface area contributed by atoms with Crippen LogP contribution in [0.1, 0.15) is 11.3 Å². The van der Waals surface area contributed by atoms with Crippen LogP contribution in [0.25, 0.3) is 5.78 Å². The number of aryl methyl sites for hydroxylation is 1. The maximum Gasteiger partial charge on any atom is 0.269 e. The molecule has 9 nitrogen and oxygen atoms in total. The number of nitrogens with zero attached hydrogens (tertiary/aromatic N) is 7. The molecule has 0 spiro atoms. The Morgan fingerprint density at radius 3 is 2.59 bits per heavy atom. The molecule has 1 aromatic carbocycles. The van der Waals surface area contributed by atoms with E-state index in [-0.39, 0.29) is 10.6 Å². The molecule has 2 aromatic heterocycles. The van der Waals surface area contributed by atoms with Gasteiger partial charge in [-0.05, 0) is 18.9 Å². The number of aromatic nitrogens is 4. The smallest absolute Gasteiger partial charge is 0.269 e. The van der Waals surface area contributed by atoms with Gasteiger partial charge in [0.1, 0.15) is 12.1 Å². The third-order valence-electron chi connectivity index (χ3n) is 4.92. The van der Waals surface area contributed by atoms with Crippen molar-refractivity contribution in [2.75, 3.05) is 37.6 Å². The first kappa shape index (κ1) is 17.3. The Kier molecular flexibility index (Phi) is 4.68. The molecule has 27 heavy (non-hydrogen) atoms. The van der Waals surface area contributed by atoms with Gasteiger partial charge in [-0.1, -0.05) is 12.1 Å². The third-order valence-corrected chi connectivity index (χ3v) is 4.92. The zero-order valence-corrected chi connectivity index (χ0v) is 15.2. The van der Waals surface area contributed by atoms with Gasteiger partial charge in [-0.25, -0.2) is 4.98 Å². The van der Waals surface area contributed by atoms with Crippen LogP contribution >= 0.6 is 0 Å². The van der Waals surface area contributed by atoms with Crippen molar-refractivity contribution in [3.63, 3.8) is 0 Å². The third kappa shape index (κ3) is 3.72. The van der Waals surface area contributed by atoms with E-state index in [4.69, 9.17) is 0 Å². The first-order chi connectivity index (χ1) is 13.1. The molecule has 3 aromatic rings. The van der Waals surface area contributed by atoms with Gasteiger partial charge in [-0.3, -0.25) is 15.0 Å². The molecular weight excluding hydrogens is 346 g/mol. The Hall–Kier alpha value is -3.07. The summed E-state index contributed by atoms with van der Waals surface area (Å²) in [6.07, 6.45) is 2.42. The van der Waals surface area contributed by atoms with E-state index in [2.05, 4.69) is 24.9 Å². The lowest BCUT2D eigenvalue weighted by Gasteiger charge is -2.36. The normalized spacial score (nSPS) is 15.4. The molecule has 0 atom stereocenters. The van der Waals surface area contributed by atoms with Crippen LogP contribution in [0.4, 0.5) is 11.5 Å². The van der Waals surface area contributed by atoms with Crippen LogP contribution in [-0.4, -0.2) is 62.1 Å². The molecular formula is C18H21N7O2. The molecule has 0 unspecified atom stereocenters. The first-order valence-corrected chi connectivity index (χ1v) is 8.98. The number of piperazine rings is 1. The maximum atomic E-state index is 10.7. The highest BCUT2D eigenvalue weighted by atomic mass is 16.6. The molecule has 0 radical (unpaired) electrons. The topological polar surface area (TPSA) is 92.7 Å². The van der Waals surface area contributed by atoms with E-state index >= 15 is 0 Å². The lowest BCUT2D eigenvalue weighted by Crippen LogP contribution is -2.47. The zero-order valence-electron chi connectivity index (χ0n) is 15.2. The fourth-order valence-electron chi connectivity index (χ4n) is 3.41. The number of anilines is 1. The van der Waals surface area contributed by atoms with E-state index in [1.165, 1.54) is 6.33 Å². The Morgan fingerprint density at radius 1 is 1.15 bits per heavy atom. The minimum absolute atomic E-state index is 0.138. The van der Waals surface area contributed by atoms with Crippen molar-refractivity contribution < 1.29 is 4.92 Å². The van der Waals surface area contributed by atoms with E-state index in [0.29, 0.717) is 5.78 Å². The SMILES string of the molecule is Cc1cc(N2CCN(CCc3ccc([N+](=O)[O-])cc3)CC2)n2ncnc2n1. The van der Waals surface area contributed by atoms with Crippen LogP contribution in [0.5, 0.6) is 0 Å². The standard InChI is InChI=1S/C18H21N7O2/c1-14-12-17(24-18(21-14)19-13-20-24)23-10-8-22(9-11-23)7-6-15-2-4-16(5-3-15)25(26)27/h2-5,12-13H,6-11H2,1H3. The second kappa shape index (κ2) is 7.28. The second-order valence-corrected chi connectivity index (χ2v) is 6.73. The molecule has 9 heteroatoms. The molecule has 1 saturated heterocycles. The summed E-state index contributed by atoms with van der Waals surface area (Å²) in [4.78, 5) is 23.7. The number of hydrogen-bond acceptors (Lipinski definition) is 7. The molecule has 0 aliphatic carbocycles. The van der Waals surface area contributed by atoms with E-state index in [0.717, 1.165) is 56.2 Å². The number of rotatable bonds is 5. The van der Waals surface area contributed by atoms with Crippen molar-refractivity contribution in [3.8, 4) is 0 Å². The highest BCUT2D eigenvalue weighted by molar-refractivity contribution is 5.47. The maximum absolute atomic E-state index is 10.7. The molecule has 3 heterocycles. The molecule has 4 rings (SSSR count). The number of non-ortho nitro benzene ring substituents is 1. The van der Waals surface area contributed by atoms with Crippen molar-refractivity contribution in [2.24, 2.45) is 0 Å². The summed E-state index contributed by atoms with van der Waals surface area (Å²) in [5, 5.41) is 15.0. The van der Waals surface area contributed by atoms with Crippen molar-refractivity contribution in [1.82, 2.24) is 24.5 Å². The van der Waals surface area contributed by atoms with Crippen LogP contribution in [0.3, 0.4) is 0 Å². The van der Waals surface area contributed by atoms with Crippen LogP contribution in [0, 0.1) is 17.0 Å². The monoisotopic (exact) mass is 367 g/mol. The van der Waals surface area contributed by atoms with E-state index < -0.39 is 0 Å². The zero-order chi connectivity index (χ0) is 18.8. The second-order valence-electron chi connectivity index (χ2n) is 6.73. The predicted molar refractivity (Wildman–Crippen MR) is 101 cm³/mol. The van der Waals surface area contributed by atoms with Crippen molar-refractivity contribution in [1.29, 1.82) is 0 Å². The fourth-order valence-corrected chi connectivity index (χ4v) is 3.41. The number of nitro benzene ring substituents is 1. The van der Waals surface area contributed by atoms with Crippen molar-refractivity contribution in [2.45, 2.75) is 13.3 Å². The van der Waals surface area contributed by atoms with Gasteiger partial charge in [0.2, 0.25) is 0 Å². The quantitative estimate of drug-likeness (QED) is 0.500. The van der Waals surface area contributed by atoms with Crippen molar-refractivity contribution >= 4 is 17.3 Å². The lowest BCUT2D eigenvalue weighted by atomic mass is 10.1. The van der Waals surface area contributed by atoms with Crippen LogP contribution in [-0.2, 0) is 6.42 Å². The van der Waals surface area contributed by atoms with Crippen LogP contribution in [0.2, 0.25) is 0 Å². The Morgan fingerprint density at radius 2 is 1.89 bits per heavy atom. The molecule has 1 fully saturated rings. The molecule has 140 valence electrons. The van der Waals surface area contributed by atoms with Gasteiger partial charge in [0.15, 0.2) is 0 Å². The predicted octanol–water partition coefficient (Wildman–Crippen LogP) is 1.71. The Balaban J connectivity index is 1.35. The van der Waals surface area contributed by atoms with Gasteiger partial charge >= 0.3 is 0 Å². The van der Waals surface area contributed by atoms with Crippen LogP contribution < -0.4 is 4.90 Å². The molecule has 0 amide bonds. The van der Waals surface area contributed by atoms with E-state index in [9.17, 15) is 10.1 Å². The number of benzene rings is 1. The summed E-state index contributed by atoms with van der Waals surface area (Å²) in [5.74, 6) is 1.66. The van der Waals surface area contributed by atoms with Gasteiger partial charge in [-0.15, -0.1) is 0 Å². The van der Waals surface area contributed by atoms with Gasteiger partial charge < -0.3 is 4.90 Å². The molecule has 0 N–H and O–H groups in total. The van der Waals surface area contributed by atoms with Gasteiger partial charge in [0.05, 0.1) is 4.92 Å². The van der Waals surface area contributed by atoms with Crippen LogP contribution in [0.15, 0.2) is 36.7 Å². The molecule has 0 saturated carbocycles. The minimum atomic E-state index is -0.365. The summed E-state index contributed by atoms with van der Waals surface area (Å²) in [6.45, 7) is 6.67. The highest BCUT2D eigenvalue weighted by Gasteiger charge is 2.20. The summed E-state index contributed by atoms with van der Waals surface area (Å²) < 4.78 is 1.79. The van der Waals surface area contributed by atoms with Gasteiger partial charge in [-0.2, -0.15) is 14.6 Å². The summed E-state index contributed by atoms with van der Waals surface area (Å²) >= 11 is 0. The number of fused-ring (bicyclic) bond motifs is 1. The average Bonchev–Trinajstić information content (AvgIpc) is 3.15. The van der Waals surface area contributed by atoms with Gasteiger partial charge in [0, 0.05) is 56.6 Å². The lowest BCUT2D eigenvalue weighted by molar-refractivity contribution is -0.384. The Labute approximate surface area is 156 Å². The minimum Gasteiger partial charge on any atom is -0.354 e. The average molecular weight is 367 g/mol. The molecule has 1 aliphatic rings. The number of nitro groups is 1. The molecule has 0 bridgehead atoms. The summed E-state index contributed by atoms with van der Waals surface area (Å²) in [7, 11) is 0. The largest absolute Gasteiger partial charge is 0.354 e. The van der Waals surface area contributed by atoms with E-state index in [1.807, 2.05) is 25.1 Å². The highest BCUT2D eigenvalue weighted by Crippen LogP contribution is 2.18. The summed E-state index contributed by atoms with van der Waals surface area (Å²) in [6, 6.07) is 8.88. The van der Waals surface area contributed by atoms with E-state index in [1.54, 1.807) is 16.6 Å².